The maximum atomic E-state index is 12.0. The van der Waals surface area contributed by atoms with Crippen LogP contribution in [0.1, 0.15) is 18.1 Å². The van der Waals surface area contributed by atoms with E-state index in [2.05, 4.69) is 5.32 Å². The first-order valence-electron chi connectivity index (χ1n) is 8.51. The average molecular weight is 392 g/mol. The molecule has 27 heavy (non-hydrogen) atoms. The topological polar surface area (TPSA) is 108 Å². The molecule has 0 radical (unpaired) electrons. The Morgan fingerprint density at radius 3 is 2.44 bits per heavy atom. The Labute approximate surface area is 159 Å². The number of nitrogens with one attached hydrogen (secondary N) is 1. The van der Waals surface area contributed by atoms with Gasteiger partial charge in [0, 0.05) is 0 Å². The quantitative estimate of drug-likeness (QED) is 0.631. The van der Waals surface area contributed by atoms with Crippen molar-refractivity contribution in [3.05, 3.63) is 53.6 Å². The first kappa shape index (κ1) is 20.7. The maximum absolute atomic E-state index is 12.0. The van der Waals surface area contributed by atoms with Crippen molar-refractivity contribution in [2.24, 2.45) is 5.14 Å². The molecule has 0 aliphatic heterocycles. The summed E-state index contributed by atoms with van der Waals surface area (Å²) in [4.78, 5) is 12.0. The maximum Gasteiger partial charge on any atom is 0.238 e. The van der Waals surface area contributed by atoms with Gasteiger partial charge in [-0.3, -0.25) is 4.79 Å². The van der Waals surface area contributed by atoms with Gasteiger partial charge in [-0.15, -0.1) is 0 Å². The number of hydrogen-bond acceptors (Lipinski definition) is 5. The number of rotatable bonds is 9. The summed E-state index contributed by atoms with van der Waals surface area (Å²) in [5.41, 5.74) is 1.63. The van der Waals surface area contributed by atoms with E-state index in [1.165, 1.54) is 12.1 Å². The lowest BCUT2D eigenvalue weighted by molar-refractivity contribution is -0.120. The Morgan fingerprint density at radius 2 is 1.85 bits per heavy atom. The van der Waals surface area contributed by atoms with Crippen LogP contribution >= 0.6 is 0 Å². The largest absolute Gasteiger partial charge is 0.497 e. The molecule has 1 amide bonds. The van der Waals surface area contributed by atoms with Crippen LogP contribution in [-0.2, 0) is 27.7 Å². The fraction of sp³-hybridized carbons (Fsp3) is 0.316. The van der Waals surface area contributed by atoms with Crippen LogP contribution in [0, 0.1) is 0 Å². The van der Waals surface area contributed by atoms with Crippen molar-refractivity contribution in [3.8, 4) is 11.5 Å². The zero-order valence-electron chi connectivity index (χ0n) is 15.4. The highest BCUT2D eigenvalue weighted by atomic mass is 32.2. The second kappa shape index (κ2) is 9.38. The molecule has 0 saturated heterocycles. The van der Waals surface area contributed by atoms with Gasteiger partial charge in [-0.05, 0) is 47.9 Å². The number of carbonyl (C=O) groups is 1. The lowest BCUT2D eigenvalue weighted by Crippen LogP contribution is -2.29. The summed E-state index contributed by atoms with van der Waals surface area (Å²) < 4.78 is 33.6. The molecule has 0 unspecified atom stereocenters. The number of methoxy groups -OCH3 is 1. The van der Waals surface area contributed by atoms with Crippen molar-refractivity contribution < 1.29 is 22.7 Å². The fourth-order valence-corrected chi connectivity index (χ4v) is 3.06. The first-order chi connectivity index (χ1) is 12.8. The molecule has 2 rings (SSSR count). The number of sulfonamides is 1. The molecular formula is C19H24N2O5S. The van der Waals surface area contributed by atoms with Crippen LogP contribution in [0.15, 0.2) is 47.4 Å². The van der Waals surface area contributed by atoms with Crippen LogP contribution in [-0.4, -0.2) is 34.6 Å². The highest BCUT2D eigenvalue weighted by Crippen LogP contribution is 2.22. The molecule has 7 nitrogen and oxygen atoms in total. The lowest BCUT2D eigenvalue weighted by Gasteiger charge is -2.12. The standard InChI is InChI=1S/C19H24N2O5S/c1-3-15-13-17(27(20,23)24)8-9-18(15)26-11-10-21-19(22)12-14-4-6-16(25-2)7-5-14/h4-9,13H,3,10-12H2,1-2H3,(H,21,22)(H2,20,23,24). The molecule has 0 aliphatic carbocycles. The van der Waals surface area contributed by atoms with Crippen LogP contribution in [0.5, 0.6) is 11.5 Å². The molecule has 0 aromatic heterocycles. The zero-order chi connectivity index (χ0) is 19.9. The Balaban J connectivity index is 1.82. The van der Waals surface area contributed by atoms with E-state index in [1.54, 1.807) is 13.2 Å². The summed E-state index contributed by atoms with van der Waals surface area (Å²) in [6.45, 7) is 2.51. The third kappa shape index (κ3) is 6.26. The monoisotopic (exact) mass is 392 g/mol. The molecular weight excluding hydrogens is 368 g/mol. The summed E-state index contributed by atoms with van der Waals surface area (Å²) in [6, 6.07) is 11.8. The minimum Gasteiger partial charge on any atom is -0.497 e. The number of primary sulfonamides is 1. The Morgan fingerprint density at radius 1 is 1.15 bits per heavy atom. The van der Waals surface area contributed by atoms with Gasteiger partial charge in [-0.1, -0.05) is 19.1 Å². The van der Waals surface area contributed by atoms with E-state index in [1.807, 2.05) is 31.2 Å². The first-order valence-corrected chi connectivity index (χ1v) is 10.1. The number of benzene rings is 2. The third-order valence-corrected chi connectivity index (χ3v) is 4.86. The molecule has 0 heterocycles. The van der Waals surface area contributed by atoms with Gasteiger partial charge in [-0.2, -0.15) is 0 Å². The van der Waals surface area contributed by atoms with E-state index in [4.69, 9.17) is 14.6 Å². The normalized spacial score (nSPS) is 11.1. The summed E-state index contributed by atoms with van der Waals surface area (Å²) in [5.74, 6) is 1.21. The summed E-state index contributed by atoms with van der Waals surface area (Å²) in [6.07, 6.45) is 0.871. The second-order valence-corrected chi connectivity index (χ2v) is 7.45. The predicted octanol–water partition coefficient (Wildman–Crippen LogP) is 1.64. The van der Waals surface area contributed by atoms with Crippen LogP contribution < -0.4 is 19.9 Å². The third-order valence-electron chi connectivity index (χ3n) is 3.95. The minimum absolute atomic E-state index is 0.0551. The second-order valence-electron chi connectivity index (χ2n) is 5.89. The number of amides is 1. The molecule has 0 aliphatic rings. The van der Waals surface area contributed by atoms with E-state index in [9.17, 15) is 13.2 Å². The van der Waals surface area contributed by atoms with Gasteiger partial charge in [0.2, 0.25) is 15.9 Å². The molecule has 2 aromatic carbocycles. The zero-order valence-corrected chi connectivity index (χ0v) is 16.2. The van der Waals surface area contributed by atoms with Gasteiger partial charge in [0.15, 0.2) is 0 Å². The molecule has 0 bridgehead atoms. The molecule has 146 valence electrons. The fourth-order valence-electron chi connectivity index (χ4n) is 2.49. The average Bonchev–Trinajstić information content (AvgIpc) is 2.65. The number of hydrogen-bond donors (Lipinski definition) is 2. The predicted molar refractivity (Wildman–Crippen MR) is 102 cm³/mol. The summed E-state index contributed by atoms with van der Waals surface area (Å²) >= 11 is 0. The highest BCUT2D eigenvalue weighted by molar-refractivity contribution is 7.89. The van der Waals surface area contributed by atoms with E-state index < -0.39 is 10.0 Å². The number of ether oxygens (including phenoxy) is 2. The number of nitrogens with two attached hydrogens (primary N) is 1. The number of aryl methyl sites for hydroxylation is 1. The molecule has 0 fully saturated rings. The smallest absolute Gasteiger partial charge is 0.238 e. The van der Waals surface area contributed by atoms with Crippen molar-refractivity contribution in [1.29, 1.82) is 0 Å². The highest BCUT2D eigenvalue weighted by Gasteiger charge is 2.11. The molecule has 0 atom stereocenters. The van der Waals surface area contributed by atoms with Crippen LogP contribution in [0.4, 0.5) is 0 Å². The van der Waals surface area contributed by atoms with E-state index in [-0.39, 0.29) is 23.8 Å². The molecule has 0 spiro atoms. The van der Waals surface area contributed by atoms with E-state index in [0.717, 1.165) is 16.9 Å². The summed E-state index contributed by atoms with van der Waals surface area (Å²) in [7, 11) is -2.15. The molecule has 0 saturated carbocycles. The van der Waals surface area contributed by atoms with Crippen molar-refractivity contribution in [3.63, 3.8) is 0 Å². The van der Waals surface area contributed by atoms with Crippen molar-refractivity contribution in [2.75, 3.05) is 20.3 Å². The SMILES string of the molecule is CCc1cc(S(N)(=O)=O)ccc1OCCNC(=O)Cc1ccc(OC)cc1. The van der Waals surface area contributed by atoms with Gasteiger partial charge < -0.3 is 14.8 Å². The van der Waals surface area contributed by atoms with Crippen LogP contribution in [0.2, 0.25) is 0 Å². The van der Waals surface area contributed by atoms with Gasteiger partial charge in [0.05, 0.1) is 25.0 Å². The molecule has 8 heteroatoms. The van der Waals surface area contributed by atoms with Crippen LogP contribution in [0.3, 0.4) is 0 Å². The summed E-state index contributed by atoms with van der Waals surface area (Å²) in [5, 5.41) is 7.93. The van der Waals surface area contributed by atoms with Crippen molar-refractivity contribution >= 4 is 15.9 Å². The lowest BCUT2D eigenvalue weighted by atomic mass is 10.1. The van der Waals surface area contributed by atoms with E-state index in [0.29, 0.717) is 18.7 Å². The van der Waals surface area contributed by atoms with Gasteiger partial charge in [-0.25, -0.2) is 13.6 Å². The van der Waals surface area contributed by atoms with Gasteiger partial charge >= 0.3 is 0 Å². The Kier molecular flexibility index (Phi) is 7.20. The van der Waals surface area contributed by atoms with Gasteiger partial charge in [0.25, 0.3) is 0 Å². The molecule has 3 N–H and O–H groups in total. The van der Waals surface area contributed by atoms with Crippen molar-refractivity contribution in [2.45, 2.75) is 24.7 Å². The molecule has 2 aromatic rings. The van der Waals surface area contributed by atoms with Crippen LogP contribution in [0.25, 0.3) is 0 Å². The Bertz CT molecular complexity index is 879. The van der Waals surface area contributed by atoms with Crippen molar-refractivity contribution in [1.82, 2.24) is 5.32 Å². The minimum atomic E-state index is -3.74. The van der Waals surface area contributed by atoms with Gasteiger partial charge in [0.1, 0.15) is 18.1 Å². The van der Waals surface area contributed by atoms with E-state index >= 15 is 0 Å². The Hall–Kier alpha value is -2.58. The number of carbonyl (C=O) groups excluding carboxylic acids is 1.